The Bertz CT molecular complexity index is 842. The van der Waals surface area contributed by atoms with Crippen LogP contribution in [0.4, 0.5) is 0 Å². The number of halogens is 2. The quantitative estimate of drug-likeness (QED) is 0.725. The van der Waals surface area contributed by atoms with Crippen LogP contribution < -0.4 is 14.8 Å². The van der Waals surface area contributed by atoms with Crippen LogP contribution in [0.1, 0.15) is 29.4 Å². The molecule has 1 aromatic carbocycles. The molecule has 1 amide bonds. The number of hydrogen-bond donors (Lipinski definition) is 1. The molecule has 3 rings (SSSR count). The molecule has 0 saturated heterocycles. The number of esters is 1. The predicted octanol–water partition coefficient (Wildman–Crippen LogP) is 3.43. The molecule has 1 aromatic heterocycles. The van der Waals surface area contributed by atoms with Gasteiger partial charge in [0.05, 0.1) is 0 Å². The van der Waals surface area contributed by atoms with Crippen LogP contribution in [0.3, 0.4) is 0 Å². The third-order valence-electron chi connectivity index (χ3n) is 3.61. The molecule has 0 bridgehead atoms. The van der Waals surface area contributed by atoms with Gasteiger partial charge in [-0.25, -0.2) is 4.79 Å². The molecule has 1 N–H and O–H groups in total. The molecule has 138 valence electrons. The van der Waals surface area contributed by atoms with E-state index in [1.165, 1.54) is 0 Å². The van der Waals surface area contributed by atoms with Crippen LogP contribution in [-0.4, -0.2) is 29.1 Å². The van der Waals surface area contributed by atoms with Gasteiger partial charge in [-0.3, -0.25) is 4.79 Å². The summed E-state index contributed by atoms with van der Waals surface area (Å²) in [5.41, 5.74) is 0.738. The fourth-order valence-electron chi connectivity index (χ4n) is 2.25. The molecular weight excluding hydrogens is 403 g/mol. The normalized spacial score (nSPS) is 13.3. The number of hydrogen-bond acceptors (Lipinski definition) is 7. The highest BCUT2D eigenvalue weighted by Gasteiger charge is 2.26. The van der Waals surface area contributed by atoms with Crippen LogP contribution in [0, 0.1) is 0 Å². The molecule has 1 aliphatic rings. The average molecular weight is 417 g/mol. The third kappa shape index (κ3) is 4.03. The topological polar surface area (TPSA) is 86.8 Å². The fourth-order valence-corrected chi connectivity index (χ4v) is 3.23. The molecule has 0 unspecified atom stereocenters. The van der Waals surface area contributed by atoms with E-state index in [0.717, 1.165) is 17.1 Å². The van der Waals surface area contributed by atoms with Crippen molar-refractivity contribution in [1.82, 2.24) is 9.69 Å². The molecule has 2 aromatic rings. The average Bonchev–Trinajstić information content (AvgIpc) is 3.24. The number of amides is 1. The number of benzene rings is 1. The van der Waals surface area contributed by atoms with Gasteiger partial charge in [0, 0.05) is 6.54 Å². The number of ether oxygens (including phenoxy) is 3. The van der Waals surface area contributed by atoms with Gasteiger partial charge in [0.15, 0.2) is 23.3 Å². The van der Waals surface area contributed by atoms with Crippen molar-refractivity contribution in [2.75, 3.05) is 6.79 Å². The second kappa shape index (κ2) is 8.11. The first-order chi connectivity index (χ1) is 12.5. The summed E-state index contributed by atoms with van der Waals surface area (Å²) in [5, 5.41) is 2.75. The second-order valence-corrected chi connectivity index (χ2v) is 7.08. The van der Waals surface area contributed by atoms with E-state index in [1.54, 1.807) is 19.1 Å². The van der Waals surface area contributed by atoms with E-state index in [-0.39, 0.29) is 28.4 Å². The van der Waals surface area contributed by atoms with Crippen molar-refractivity contribution in [3.8, 4) is 11.5 Å². The molecule has 0 aliphatic carbocycles. The SMILES string of the molecule is CC[C@H](OC(=O)c1nsc(Cl)c1Cl)C(=O)NCc1ccc2c(c1)OCO2. The summed E-state index contributed by atoms with van der Waals surface area (Å²) in [6, 6.07) is 5.37. The Labute approximate surface area is 163 Å². The standard InChI is InChI=1S/C16H14Cl2N2O5S/c1-2-9(25-16(22)13-12(17)14(18)26-20-13)15(21)19-6-8-3-4-10-11(5-8)24-7-23-10/h3-5,9H,2,6-7H2,1H3,(H,19,21)/t9-/m0/s1. The van der Waals surface area contributed by atoms with Crippen LogP contribution in [-0.2, 0) is 16.1 Å². The number of aromatic nitrogens is 1. The van der Waals surface area contributed by atoms with Crippen molar-refractivity contribution in [3.05, 3.63) is 38.8 Å². The Kier molecular flexibility index (Phi) is 5.85. The maximum absolute atomic E-state index is 12.3. The molecule has 0 spiro atoms. The molecule has 0 fully saturated rings. The summed E-state index contributed by atoms with van der Waals surface area (Å²) in [6.07, 6.45) is -0.665. The van der Waals surface area contributed by atoms with E-state index < -0.39 is 18.0 Å². The van der Waals surface area contributed by atoms with Gasteiger partial charge in [-0.2, -0.15) is 4.37 Å². The minimum atomic E-state index is -0.965. The van der Waals surface area contributed by atoms with Crippen LogP contribution in [0.2, 0.25) is 9.36 Å². The first kappa shape index (κ1) is 18.8. The summed E-state index contributed by atoms with van der Waals surface area (Å²) < 4.78 is 19.8. The number of carbonyl (C=O) groups excluding carboxylic acids is 2. The highest BCUT2D eigenvalue weighted by atomic mass is 35.5. The Morgan fingerprint density at radius 1 is 1.35 bits per heavy atom. The molecule has 1 aliphatic heterocycles. The summed E-state index contributed by atoms with van der Waals surface area (Å²) in [7, 11) is 0. The molecule has 2 heterocycles. The monoisotopic (exact) mass is 416 g/mol. The highest BCUT2D eigenvalue weighted by Crippen LogP contribution is 2.32. The van der Waals surface area contributed by atoms with Gasteiger partial charge >= 0.3 is 5.97 Å². The van der Waals surface area contributed by atoms with E-state index in [4.69, 9.17) is 37.4 Å². The molecule has 1 atom stereocenters. The Morgan fingerprint density at radius 2 is 2.12 bits per heavy atom. The predicted molar refractivity (Wildman–Crippen MR) is 96.0 cm³/mol. The van der Waals surface area contributed by atoms with Crippen molar-refractivity contribution in [3.63, 3.8) is 0 Å². The lowest BCUT2D eigenvalue weighted by molar-refractivity contribution is -0.130. The number of nitrogens with zero attached hydrogens (tertiary/aromatic N) is 1. The summed E-state index contributed by atoms with van der Waals surface area (Å²) >= 11 is 12.6. The molecular formula is C16H14Cl2N2O5S. The smallest absolute Gasteiger partial charge is 0.360 e. The zero-order valence-corrected chi connectivity index (χ0v) is 15.9. The summed E-state index contributed by atoms with van der Waals surface area (Å²) in [5.74, 6) is 0.0868. The molecule has 10 heteroatoms. The first-order valence-corrected chi connectivity index (χ1v) is 9.20. The van der Waals surface area contributed by atoms with Gasteiger partial charge in [0.1, 0.15) is 9.36 Å². The largest absolute Gasteiger partial charge is 0.454 e. The van der Waals surface area contributed by atoms with Crippen LogP contribution in [0.15, 0.2) is 18.2 Å². The highest BCUT2D eigenvalue weighted by molar-refractivity contribution is 7.11. The van der Waals surface area contributed by atoms with Gasteiger partial charge in [-0.05, 0) is 35.6 Å². The van der Waals surface area contributed by atoms with Gasteiger partial charge in [0.2, 0.25) is 6.79 Å². The Balaban J connectivity index is 1.58. The first-order valence-electron chi connectivity index (χ1n) is 7.67. The van der Waals surface area contributed by atoms with Gasteiger partial charge in [-0.1, -0.05) is 36.2 Å². The minimum absolute atomic E-state index is 0.0253. The summed E-state index contributed by atoms with van der Waals surface area (Å²) in [4.78, 5) is 24.4. The third-order valence-corrected chi connectivity index (χ3v) is 5.22. The van der Waals surface area contributed by atoms with E-state index >= 15 is 0 Å². The van der Waals surface area contributed by atoms with Crippen molar-refractivity contribution >= 4 is 46.6 Å². The minimum Gasteiger partial charge on any atom is -0.454 e. The lowest BCUT2D eigenvalue weighted by Gasteiger charge is -2.15. The van der Waals surface area contributed by atoms with E-state index in [1.807, 2.05) is 6.07 Å². The van der Waals surface area contributed by atoms with Crippen molar-refractivity contribution in [2.24, 2.45) is 0 Å². The number of fused-ring (bicyclic) bond motifs is 1. The van der Waals surface area contributed by atoms with Gasteiger partial charge in [0.25, 0.3) is 5.91 Å². The molecule has 26 heavy (non-hydrogen) atoms. The second-order valence-electron chi connectivity index (χ2n) is 5.33. The maximum Gasteiger partial charge on any atom is 0.360 e. The summed E-state index contributed by atoms with van der Waals surface area (Å²) in [6.45, 7) is 2.17. The van der Waals surface area contributed by atoms with E-state index in [0.29, 0.717) is 17.9 Å². The lowest BCUT2D eigenvalue weighted by Crippen LogP contribution is -2.37. The molecule has 7 nitrogen and oxygen atoms in total. The van der Waals surface area contributed by atoms with Crippen LogP contribution in [0.5, 0.6) is 11.5 Å². The van der Waals surface area contributed by atoms with Crippen molar-refractivity contribution in [1.29, 1.82) is 0 Å². The fraction of sp³-hybridized carbons (Fsp3) is 0.312. The Morgan fingerprint density at radius 3 is 2.81 bits per heavy atom. The van der Waals surface area contributed by atoms with Crippen LogP contribution in [0.25, 0.3) is 0 Å². The molecule has 0 saturated carbocycles. The van der Waals surface area contributed by atoms with Crippen molar-refractivity contribution in [2.45, 2.75) is 26.0 Å². The Hall–Kier alpha value is -2.03. The van der Waals surface area contributed by atoms with Gasteiger partial charge in [-0.15, -0.1) is 0 Å². The van der Waals surface area contributed by atoms with E-state index in [9.17, 15) is 9.59 Å². The van der Waals surface area contributed by atoms with Crippen LogP contribution >= 0.6 is 34.7 Å². The zero-order valence-electron chi connectivity index (χ0n) is 13.6. The van der Waals surface area contributed by atoms with E-state index in [2.05, 4.69) is 9.69 Å². The number of carbonyl (C=O) groups is 2. The van der Waals surface area contributed by atoms with Crippen molar-refractivity contribution < 1.29 is 23.8 Å². The number of nitrogens with one attached hydrogen (secondary N) is 1. The molecule has 0 radical (unpaired) electrons. The number of rotatable bonds is 6. The lowest BCUT2D eigenvalue weighted by atomic mass is 10.2. The zero-order chi connectivity index (χ0) is 18.7. The maximum atomic E-state index is 12.3. The van der Waals surface area contributed by atoms with Gasteiger partial charge < -0.3 is 19.5 Å².